The third-order valence-corrected chi connectivity index (χ3v) is 3.41. The van der Waals surface area contributed by atoms with E-state index in [4.69, 9.17) is 34.8 Å². The number of nitrogens with zero attached hydrogens (tertiary/aromatic N) is 1. The molecule has 0 N–H and O–H groups in total. The minimum atomic E-state index is -4.53. The van der Waals surface area contributed by atoms with Crippen LogP contribution in [0.2, 0.25) is 15.1 Å². The molecule has 1 nitrogen and oxygen atoms in total. The Morgan fingerprint density at radius 3 is 2.21 bits per heavy atom. The summed E-state index contributed by atoms with van der Waals surface area (Å²) < 4.78 is 38.7. The average molecular weight is 327 g/mol. The molecule has 0 saturated carbocycles. The Balaban J connectivity index is 2.70. The standard InChI is InChI=1S/C12H5Cl3F3N/c13-8-5-10(15)9(14)4-6(8)11-7(12(16,17)18)2-1-3-19-11/h1-5H. The summed E-state index contributed by atoms with van der Waals surface area (Å²) in [5, 5.41) is 0.332. The molecule has 0 fully saturated rings. The lowest BCUT2D eigenvalue weighted by molar-refractivity contribution is -0.137. The summed E-state index contributed by atoms with van der Waals surface area (Å²) in [7, 11) is 0. The van der Waals surface area contributed by atoms with E-state index in [1.165, 1.54) is 24.4 Å². The molecule has 1 heterocycles. The summed E-state index contributed by atoms with van der Waals surface area (Å²) in [5.41, 5.74) is -1.07. The predicted octanol–water partition coefficient (Wildman–Crippen LogP) is 5.73. The summed E-state index contributed by atoms with van der Waals surface area (Å²) in [6.07, 6.45) is -3.28. The molecule has 2 aromatic rings. The molecule has 0 aliphatic heterocycles. The number of halogens is 6. The number of alkyl halides is 3. The van der Waals surface area contributed by atoms with E-state index in [0.717, 1.165) is 6.07 Å². The van der Waals surface area contributed by atoms with E-state index < -0.39 is 11.7 Å². The van der Waals surface area contributed by atoms with E-state index in [0.29, 0.717) is 0 Å². The number of aromatic nitrogens is 1. The van der Waals surface area contributed by atoms with Crippen molar-refractivity contribution in [1.82, 2.24) is 4.98 Å². The second kappa shape index (κ2) is 5.19. The van der Waals surface area contributed by atoms with Crippen molar-refractivity contribution >= 4 is 34.8 Å². The molecule has 1 aromatic carbocycles. The number of hydrogen-bond acceptors (Lipinski definition) is 1. The summed E-state index contributed by atoms with van der Waals surface area (Å²) in [6, 6.07) is 4.69. The lowest BCUT2D eigenvalue weighted by atomic mass is 10.1. The van der Waals surface area contributed by atoms with Gasteiger partial charge < -0.3 is 0 Å². The van der Waals surface area contributed by atoms with E-state index in [1.807, 2.05) is 0 Å². The molecule has 0 amide bonds. The normalized spacial score (nSPS) is 11.7. The molecular formula is C12H5Cl3F3N. The van der Waals surface area contributed by atoms with Gasteiger partial charge in [0.05, 0.1) is 26.3 Å². The van der Waals surface area contributed by atoms with E-state index >= 15 is 0 Å². The Bertz CT molecular complexity index is 626. The molecule has 2 rings (SSSR count). The highest BCUT2D eigenvalue weighted by Crippen LogP contribution is 2.40. The van der Waals surface area contributed by atoms with E-state index in [9.17, 15) is 13.2 Å². The van der Waals surface area contributed by atoms with Crippen LogP contribution < -0.4 is 0 Å². The van der Waals surface area contributed by atoms with Gasteiger partial charge >= 0.3 is 6.18 Å². The van der Waals surface area contributed by atoms with Gasteiger partial charge in [-0.3, -0.25) is 4.98 Å². The van der Waals surface area contributed by atoms with Gasteiger partial charge in [-0.25, -0.2) is 0 Å². The first-order chi connectivity index (χ1) is 8.80. The zero-order chi connectivity index (χ0) is 14.2. The highest BCUT2D eigenvalue weighted by atomic mass is 35.5. The Morgan fingerprint density at radius 2 is 1.58 bits per heavy atom. The third-order valence-electron chi connectivity index (χ3n) is 2.38. The Kier molecular flexibility index (Phi) is 3.95. The molecule has 7 heteroatoms. The molecule has 0 aliphatic rings. The molecular weight excluding hydrogens is 321 g/mol. The van der Waals surface area contributed by atoms with Crippen molar-refractivity contribution in [3.05, 3.63) is 51.1 Å². The molecule has 0 bridgehead atoms. The van der Waals surface area contributed by atoms with Crippen molar-refractivity contribution in [2.24, 2.45) is 0 Å². The molecule has 0 atom stereocenters. The van der Waals surface area contributed by atoms with Gasteiger partial charge in [0.2, 0.25) is 0 Å². The van der Waals surface area contributed by atoms with Crippen molar-refractivity contribution in [3.8, 4) is 11.3 Å². The van der Waals surface area contributed by atoms with Gasteiger partial charge in [-0.15, -0.1) is 0 Å². The summed E-state index contributed by atoms with van der Waals surface area (Å²) in [6.45, 7) is 0. The van der Waals surface area contributed by atoms with E-state index in [1.54, 1.807) is 0 Å². The van der Waals surface area contributed by atoms with Crippen LogP contribution >= 0.6 is 34.8 Å². The molecule has 1 aromatic heterocycles. The number of benzene rings is 1. The van der Waals surface area contributed by atoms with Crippen LogP contribution in [-0.4, -0.2) is 4.98 Å². The molecule has 100 valence electrons. The predicted molar refractivity (Wildman–Crippen MR) is 69.7 cm³/mol. The van der Waals surface area contributed by atoms with Gasteiger partial charge in [0.1, 0.15) is 0 Å². The van der Waals surface area contributed by atoms with Crippen LogP contribution in [0.5, 0.6) is 0 Å². The molecule has 0 spiro atoms. The summed E-state index contributed by atoms with van der Waals surface area (Å²) >= 11 is 17.5. The van der Waals surface area contributed by atoms with Crippen LogP contribution in [0.1, 0.15) is 5.56 Å². The van der Waals surface area contributed by atoms with Crippen LogP contribution in [0.25, 0.3) is 11.3 Å². The molecule has 19 heavy (non-hydrogen) atoms. The number of pyridine rings is 1. The van der Waals surface area contributed by atoms with Crippen molar-refractivity contribution in [3.63, 3.8) is 0 Å². The molecule has 0 radical (unpaired) electrons. The van der Waals surface area contributed by atoms with Crippen molar-refractivity contribution in [2.45, 2.75) is 6.18 Å². The van der Waals surface area contributed by atoms with Crippen LogP contribution in [0.15, 0.2) is 30.5 Å². The molecule has 0 aliphatic carbocycles. The monoisotopic (exact) mass is 325 g/mol. The lowest BCUT2D eigenvalue weighted by Gasteiger charge is -2.13. The minimum Gasteiger partial charge on any atom is -0.256 e. The first-order valence-electron chi connectivity index (χ1n) is 4.98. The van der Waals surface area contributed by atoms with E-state index in [2.05, 4.69) is 4.98 Å². The quantitative estimate of drug-likeness (QED) is 0.610. The van der Waals surface area contributed by atoms with Crippen LogP contribution in [0, 0.1) is 0 Å². The average Bonchev–Trinajstić information content (AvgIpc) is 2.33. The minimum absolute atomic E-state index is 0.0543. The van der Waals surface area contributed by atoms with Crippen LogP contribution in [-0.2, 0) is 6.18 Å². The lowest BCUT2D eigenvalue weighted by Crippen LogP contribution is -2.08. The number of rotatable bonds is 1. The highest BCUT2D eigenvalue weighted by Gasteiger charge is 2.34. The number of hydrogen-bond donors (Lipinski definition) is 0. The zero-order valence-corrected chi connectivity index (χ0v) is 11.4. The maximum Gasteiger partial charge on any atom is 0.418 e. The largest absolute Gasteiger partial charge is 0.418 e. The summed E-state index contributed by atoms with van der Waals surface area (Å²) in [5.74, 6) is 0. The smallest absolute Gasteiger partial charge is 0.256 e. The second-order valence-electron chi connectivity index (χ2n) is 3.64. The highest BCUT2D eigenvalue weighted by molar-refractivity contribution is 6.44. The summed E-state index contributed by atoms with van der Waals surface area (Å²) in [4.78, 5) is 3.74. The molecule has 0 unspecified atom stereocenters. The molecule has 0 saturated heterocycles. The van der Waals surface area contributed by atoms with Crippen molar-refractivity contribution in [2.75, 3.05) is 0 Å². The van der Waals surface area contributed by atoms with Gasteiger partial charge in [0.15, 0.2) is 0 Å². The van der Waals surface area contributed by atoms with Crippen molar-refractivity contribution < 1.29 is 13.2 Å². The van der Waals surface area contributed by atoms with E-state index in [-0.39, 0.29) is 26.3 Å². The van der Waals surface area contributed by atoms with Gasteiger partial charge in [-0.2, -0.15) is 13.2 Å². The van der Waals surface area contributed by atoms with Gasteiger partial charge in [0.25, 0.3) is 0 Å². The van der Waals surface area contributed by atoms with Crippen LogP contribution in [0.3, 0.4) is 0 Å². The maximum atomic E-state index is 12.9. The fraction of sp³-hybridized carbons (Fsp3) is 0.0833. The van der Waals surface area contributed by atoms with Gasteiger partial charge in [-0.05, 0) is 24.3 Å². The zero-order valence-electron chi connectivity index (χ0n) is 9.10. The van der Waals surface area contributed by atoms with Gasteiger partial charge in [-0.1, -0.05) is 34.8 Å². The third kappa shape index (κ3) is 2.96. The Hall–Kier alpha value is -0.970. The van der Waals surface area contributed by atoms with Crippen molar-refractivity contribution in [1.29, 1.82) is 0 Å². The Labute approximate surface area is 121 Å². The van der Waals surface area contributed by atoms with Gasteiger partial charge in [0, 0.05) is 11.8 Å². The fourth-order valence-corrected chi connectivity index (χ4v) is 2.19. The maximum absolute atomic E-state index is 12.9. The fourth-order valence-electron chi connectivity index (χ4n) is 1.55. The Morgan fingerprint density at radius 1 is 0.947 bits per heavy atom. The SMILES string of the molecule is FC(F)(F)c1cccnc1-c1cc(Cl)c(Cl)cc1Cl. The first-order valence-corrected chi connectivity index (χ1v) is 6.11. The second-order valence-corrected chi connectivity index (χ2v) is 4.87. The topological polar surface area (TPSA) is 12.9 Å². The first kappa shape index (κ1) is 14.4. The van der Waals surface area contributed by atoms with Crippen LogP contribution in [0.4, 0.5) is 13.2 Å².